The Bertz CT molecular complexity index is 1440. The monoisotopic (exact) mass is 571 g/mol. The fraction of sp³-hybridized carbons (Fsp3) is 0.483. The Hall–Kier alpha value is -3.55. The summed E-state index contributed by atoms with van der Waals surface area (Å²) in [7, 11) is 1.34. The summed E-state index contributed by atoms with van der Waals surface area (Å²) in [4.78, 5) is 39.0. The van der Waals surface area contributed by atoms with E-state index in [1.54, 1.807) is 6.92 Å². The van der Waals surface area contributed by atoms with Gasteiger partial charge in [-0.15, -0.1) is 0 Å². The van der Waals surface area contributed by atoms with E-state index in [9.17, 15) is 39.9 Å². The van der Waals surface area contributed by atoms with Gasteiger partial charge in [-0.2, -0.15) is 0 Å². The number of methoxy groups -OCH3 is 1. The van der Waals surface area contributed by atoms with Gasteiger partial charge in [-0.1, -0.05) is 12.1 Å². The Morgan fingerprint density at radius 3 is 2.46 bits per heavy atom. The molecule has 0 bridgehead atoms. The van der Waals surface area contributed by atoms with Gasteiger partial charge < -0.3 is 45.1 Å². The zero-order valence-corrected chi connectivity index (χ0v) is 23.0. The Kier molecular flexibility index (Phi) is 7.33. The fourth-order valence-corrected chi connectivity index (χ4v) is 6.11. The van der Waals surface area contributed by atoms with Crippen LogP contribution in [0.15, 0.2) is 18.2 Å². The first-order chi connectivity index (χ1) is 19.3. The highest BCUT2D eigenvalue weighted by molar-refractivity contribution is 6.31. The second kappa shape index (κ2) is 10.4. The quantitative estimate of drug-likeness (QED) is 0.239. The molecule has 220 valence electrons. The van der Waals surface area contributed by atoms with Crippen molar-refractivity contribution < 1.29 is 54.1 Å². The maximum absolute atomic E-state index is 13.7. The van der Waals surface area contributed by atoms with Crippen molar-refractivity contribution in [2.24, 2.45) is 0 Å². The molecular formula is C29H33NO11. The molecule has 12 heteroatoms. The highest BCUT2D eigenvalue weighted by Crippen LogP contribution is 2.52. The van der Waals surface area contributed by atoms with Crippen molar-refractivity contribution in [1.82, 2.24) is 5.32 Å². The molecule has 12 nitrogen and oxygen atoms in total. The number of hydrogen-bond donors (Lipinski definition) is 6. The van der Waals surface area contributed by atoms with E-state index in [2.05, 4.69) is 5.32 Å². The number of fused-ring (bicyclic) bond motifs is 3. The van der Waals surface area contributed by atoms with Crippen LogP contribution in [0.4, 0.5) is 0 Å². The number of ether oxygens (including phenoxy) is 3. The molecule has 3 aliphatic rings. The Morgan fingerprint density at radius 1 is 1.15 bits per heavy atom. The van der Waals surface area contributed by atoms with Crippen molar-refractivity contribution in [2.45, 2.75) is 82.4 Å². The topological polar surface area (TPSA) is 192 Å². The van der Waals surface area contributed by atoms with Gasteiger partial charge in [-0.25, -0.2) is 0 Å². The number of carbonyl (C=O) groups is 3. The molecule has 1 saturated heterocycles. The standard InChI is InChI=1S/C29H33NO11/c1-11-24(33)16(30-13(3)32)8-19(40-11)41-18-10-29(38,12(2)31)9-15-21(18)28(37)23-22(26(15)35)25(34)14-6-5-7-17(39-4)20(14)27(23)36/h5-7,11-12,16,18-19,24,31,33,35,37-38H,8-10H2,1-4H3,(H,30,32)/t11-,12-,16-,18+,19-,24+,29-/m1/s1. The smallest absolute Gasteiger partial charge is 0.217 e. The predicted molar refractivity (Wildman–Crippen MR) is 141 cm³/mol. The molecule has 5 rings (SSSR count). The second-order valence-electron chi connectivity index (χ2n) is 11.0. The minimum absolute atomic E-state index is 0.00367. The lowest BCUT2D eigenvalue weighted by Crippen LogP contribution is -2.55. The van der Waals surface area contributed by atoms with Crippen molar-refractivity contribution in [3.63, 3.8) is 0 Å². The number of aromatic hydroxyl groups is 2. The van der Waals surface area contributed by atoms with Crippen LogP contribution in [0.5, 0.6) is 17.2 Å². The number of nitrogens with one attached hydrogen (secondary N) is 1. The van der Waals surface area contributed by atoms with Crippen LogP contribution in [0.1, 0.15) is 82.7 Å². The number of phenolic OH excluding ortho intramolecular Hbond substituents is 2. The second-order valence-corrected chi connectivity index (χ2v) is 11.0. The van der Waals surface area contributed by atoms with Crippen LogP contribution >= 0.6 is 0 Å². The summed E-state index contributed by atoms with van der Waals surface area (Å²) in [6, 6.07) is 3.71. The van der Waals surface area contributed by atoms with Crippen molar-refractivity contribution in [3.05, 3.63) is 51.6 Å². The molecule has 6 N–H and O–H groups in total. The molecule has 0 aromatic heterocycles. The molecule has 0 radical (unpaired) electrons. The molecule has 2 aromatic rings. The van der Waals surface area contributed by atoms with Crippen LogP contribution in [0, 0.1) is 0 Å². The number of aliphatic hydroxyl groups excluding tert-OH is 2. The maximum atomic E-state index is 13.7. The molecule has 0 unspecified atom stereocenters. The maximum Gasteiger partial charge on any atom is 0.217 e. The SMILES string of the molecule is COc1cccc2c1C(=O)c1c(O)c3c(c(O)c1C2=O)C[C@](O)([C@@H](C)O)C[C@@H]3O[C@@H]1C[C@@H](NC(C)=O)[C@@H](O)[C@@H](C)O1. The summed E-state index contributed by atoms with van der Waals surface area (Å²) in [5.41, 5.74) is -2.87. The van der Waals surface area contributed by atoms with Crippen molar-refractivity contribution in [2.75, 3.05) is 7.11 Å². The van der Waals surface area contributed by atoms with Crippen LogP contribution in [-0.2, 0) is 20.7 Å². The molecule has 0 saturated carbocycles. The molecule has 41 heavy (non-hydrogen) atoms. The van der Waals surface area contributed by atoms with Gasteiger partial charge in [0.2, 0.25) is 11.7 Å². The number of phenols is 2. The van der Waals surface area contributed by atoms with E-state index in [0.717, 1.165) is 0 Å². The summed E-state index contributed by atoms with van der Waals surface area (Å²) in [5, 5.41) is 58.0. The van der Waals surface area contributed by atoms with E-state index in [0.29, 0.717) is 0 Å². The Balaban J connectivity index is 1.64. The largest absolute Gasteiger partial charge is 0.507 e. The lowest BCUT2D eigenvalue weighted by atomic mass is 9.71. The number of ketones is 2. The van der Waals surface area contributed by atoms with Crippen LogP contribution in [0.25, 0.3) is 0 Å². The van der Waals surface area contributed by atoms with Gasteiger partial charge in [0.05, 0.1) is 53.8 Å². The Morgan fingerprint density at radius 2 is 1.83 bits per heavy atom. The summed E-state index contributed by atoms with van der Waals surface area (Å²) < 4.78 is 17.3. The van der Waals surface area contributed by atoms with Gasteiger partial charge in [0.25, 0.3) is 0 Å². The highest BCUT2D eigenvalue weighted by Gasteiger charge is 2.49. The first-order valence-electron chi connectivity index (χ1n) is 13.3. The first kappa shape index (κ1) is 29.0. The third-order valence-electron chi connectivity index (χ3n) is 8.29. The van der Waals surface area contributed by atoms with Gasteiger partial charge in [0.1, 0.15) is 23.4 Å². The number of rotatable bonds is 5. The average Bonchev–Trinajstić information content (AvgIpc) is 2.91. The molecule has 7 atom stereocenters. The van der Waals surface area contributed by atoms with Crippen LogP contribution in [0.3, 0.4) is 0 Å². The van der Waals surface area contributed by atoms with Gasteiger partial charge >= 0.3 is 0 Å². The number of carbonyl (C=O) groups excluding carboxylic acids is 3. The number of benzene rings is 2. The van der Waals surface area contributed by atoms with Crippen molar-refractivity contribution >= 4 is 17.5 Å². The van der Waals surface area contributed by atoms with E-state index in [1.807, 2.05) is 0 Å². The molecule has 0 spiro atoms. The van der Waals surface area contributed by atoms with Crippen LogP contribution < -0.4 is 10.1 Å². The third-order valence-corrected chi connectivity index (χ3v) is 8.29. The summed E-state index contributed by atoms with van der Waals surface area (Å²) in [5.74, 6) is -2.94. The van der Waals surface area contributed by atoms with E-state index >= 15 is 0 Å². The molecule has 1 heterocycles. The Labute approximate surface area is 235 Å². The van der Waals surface area contributed by atoms with Crippen molar-refractivity contribution in [3.8, 4) is 17.2 Å². The number of amides is 1. The third kappa shape index (κ3) is 4.65. The normalized spacial score (nSPS) is 29.7. The number of hydrogen-bond acceptors (Lipinski definition) is 11. The van der Waals surface area contributed by atoms with Gasteiger partial charge in [0.15, 0.2) is 12.1 Å². The molecule has 2 aliphatic carbocycles. The van der Waals surface area contributed by atoms with E-state index in [-0.39, 0.29) is 53.2 Å². The molecule has 1 fully saturated rings. The average molecular weight is 572 g/mol. The van der Waals surface area contributed by atoms with E-state index < -0.39 is 76.5 Å². The molecular weight excluding hydrogens is 538 g/mol. The van der Waals surface area contributed by atoms with E-state index in [4.69, 9.17) is 14.2 Å². The van der Waals surface area contributed by atoms with Gasteiger partial charge in [-0.3, -0.25) is 14.4 Å². The summed E-state index contributed by atoms with van der Waals surface area (Å²) >= 11 is 0. The van der Waals surface area contributed by atoms with Crippen LogP contribution in [-0.4, -0.2) is 86.4 Å². The van der Waals surface area contributed by atoms with E-state index in [1.165, 1.54) is 39.2 Å². The highest BCUT2D eigenvalue weighted by atomic mass is 16.7. The fourth-order valence-electron chi connectivity index (χ4n) is 6.11. The zero-order chi connectivity index (χ0) is 30.0. The van der Waals surface area contributed by atoms with Gasteiger partial charge in [-0.05, 0) is 19.9 Å². The summed E-state index contributed by atoms with van der Waals surface area (Å²) in [6.45, 7) is 4.25. The molecule has 1 aliphatic heterocycles. The number of aliphatic hydroxyl groups is 3. The summed E-state index contributed by atoms with van der Waals surface area (Å²) in [6.07, 6.45) is -6.03. The lowest BCUT2D eigenvalue weighted by Gasteiger charge is -2.44. The minimum Gasteiger partial charge on any atom is -0.507 e. The van der Waals surface area contributed by atoms with Crippen LogP contribution in [0.2, 0.25) is 0 Å². The van der Waals surface area contributed by atoms with Crippen molar-refractivity contribution in [1.29, 1.82) is 0 Å². The molecule has 1 amide bonds. The zero-order valence-electron chi connectivity index (χ0n) is 23.0. The first-order valence-corrected chi connectivity index (χ1v) is 13.3. The predicted octanol–water partition coefficient (Wildman–Crippen LogP) is 0.998. The molecule has 2 aromatic carbocycles. The van der Waals surface area contributed by atoms with Gasteiger partial charge in [0, 0.05) is 42.9 Å². The minimum atomic E-state index is -1.85. The lowest BCUT2D eigenvalue weighted by molar-refractivity contribution is -0.252.